The molecule has 0 aromatic heterocycles. The molecule has 13 heavy (non-hydrogen) atoms. The maximum absolute atomic E-state index is 11.3. The maximum Gasteiger partial charge on any atom is 0.426 e. The van der Waals surface area contributed by atoms with Gasteiger partial charge in [-0.2, -0.15) is 0 Å². The van der Waals surface area contributed by atoms with Gasteiger partial charge >= 0.3 is 6.09 Å². The van der Waals surface area contributed by atoms with Crippen LogP contribution in [0.25, 0.3) is 0 Å². The number of amides is 2. The Bertz CT molecular complexity index is 207. The van der Waals surface area contributed by atoms with Crippen molar-refractivity contribution < 1.29 is 19.1 Å². The summed E-state index contributed by atoms with van der Waals surface area (Å²) in [4.78, 5) is 22.0. The van der Waals surface area contributed by atoms with Crippen LogP contribution in [0.5, 0.6) is 0 Å². The number of rotatable bonds is 3. The van der Waals surface area contributed by atoms with Crippen molar-refractivity contribution in [3.05, 3.63) is 0 Å². The number of hydrogen-bond donors (Lipinski definition) is 1. The first-order valence-electron chi connectivity index (χ1n) is 3.96. The van der Waals surface area contributed by atoms with E-state index in [9.17, 15) is 9.59 Å². The maximum atomic E-state index is 11.3. The van der Waals surface area contributed by atoms with Gasteiger partial charge in [0.15, 0.2) is 0 Å². The number of methoxy groups -OCH3 is 1. The Balaban J connectivity index is 2.32. The highest BCUT2D eigenvalue weighted by Crippen LogP contribution is 1.97. The molecule has 1 rings (SSSR count). The van der Waals surface area contributed by atoms with Gasteiger partial charge in [-0.1, -0.05) is 0 Å². The summed E-state index contributed by atoms with van der Waals surface area (Å²) in [6.07, 6.45) is -0.325. The van der Waals surface area contributed by atoms with Gasteiger partial charge in [-0.3, -0.25) is 4.79 Å². The van der Waals surface area contributed by atoms with Crippen molar-refractivity contribution in [1.82, 2.24) is 10.4 Å². The Morgan fingerprint density at radius 2 is 2.54 bits per heavy atom. The third-order valence-electron chi connectivity index (χ3n) is 1.60. The average Bonchev–Trinajstić information content (AvgIpc) is 2.14. The molecular formula is C7H12N2O4. The molecule has 2 amide bonds. The first-order valence-corrected chi connectivity index (χ1v) is 3.96. The molecule has 1 aliphatic rings. The van der Waals surface area contributed by atoms with Gasteiger partial charge in [0.05, 0.1) is 19.6 Å². The highest BCUT2D eigenvalue weighted by molar-refractivity contribution is 5.79. The number of nitrogens with one attached hydrogen (secondary N) is 1. The van der Waals surface area contributed by atoms with Gasteiger partial charge in [-0.15, -0.1) is 0 Å². The molecule has 1 saturated heterocycles. The van der Waals surface area contributed by atoms with Crippen LogP contribution in [0.2, 0.25) is 0 Å². The fourth-order valence-electron chi connectivity index (χ4n) is 0.939. The summed E-state index contributed by atoms with van der Waals surface area (Å²) >= 11 is 0. The number of carbonyl (C=O) groups excluding carboxylic acids is 2. The van der Waals surface area contributed by atoms with Crippen LogP contribution >= 0.6 is 0 Å². The summed E-state index contributed by atoms with van der Waals surface area (Å²) in [5.74, 6) is -0.168. The number of nitrogens with zero attached hydrogens (tertiary/aromatic N) is 1. The molecule has 0 aliphatic carbocycles. The van der Waals surface area contributed by atoms with E-state index in [1.807, 2.05) is 0 Å². The average molecular weight is 188 g/mol. The zero-order valence-electron chi connectivity index (χ0n) is 7.41. The van der Waals surface area contributed by atoms with Crippen molar-refractivity contribution >= 4 is 12.0 Å². The van der Waals surface area contributed by atoms with E-state index < -0.39 is 6.09 Å². The van der Waals surface area contributed by atoms with E-state index in [1.165, 1.54) is 12.1 Å². The molecule has 0 aromatic carbocycles. The van der Waals surface area contributed by atoms with E-state index in [0.29, 0.717) is 13.2 Å². The zero-order valence-corrected chi connectivity index (χ0v) is 7.41. The van der Waals surface area contributed by atoms with E-state index in [4.69, 9.17) is 4.74 Å². The molecule has 0 aromatic rings. The molecule has 0 saturated carbocycles. The second-order valence-electron chi connectivity index (χ2n) is 2.54. The standard InChI is InChI=1S/C7H12N2O4/c1-12-4-2-6(10)9-3-5-13-7(11)8-9/h2-5H2,1H3,(H,8,11). The van der Waals surface area contributed by atoms with Crippen molar-refractivity contribution in [1.29, 1.82) is 0 Å². The minimum Gasteiger partial charge on any atom is -0.446 e. The number of carbonyl (C=O) groups is 2. The summed E-state index contributed by atoms with van der Waals surface area (Å²) in [6.45, 7) is 0.977. The summed E-state index contributed by atoms with van der Waals surface area (Å²) < 4.78 is 9.33. The van der Waals surface area contributed by atoms with Crippen molar-refractivity contribution in [3.63, 3.8) is 0 Å². The molecular weight excluding hydrogens is 176 g/mol. The lowest BCUT2D eigenvalue weighted by atomic mass is 10.4. The first-order chi connectivity index (χ1) is 6.24. The van der Waals surface area contributed by atoms with Gasteiger partial charge in [-0.25, -0.2) is 15.2 Å². The highest BCUT2D eigenvalue weighted by Gasteiger charge is 2.20. The van der Waals surface area contributed by atoms with Crippen LogP contribution in [0, 0.1) is 0 Å². The molecule has 6 heteroatoms. The second-order valence-corrected chi connectivity index (χ2v) is 2.54. The van der Waals surface area contributed by atoms with E-state index in [0.717, 1.165) is 0 Å². The van der Waals surface area contributed by atoms with Crippen molar-refractivity contribution in [2.24, 2.45) is 0 Å². The first kappa shape index (κ1) is 9.79. The lowest BCUT2D eigenvalue weighted by molar-refractivity contribution is -0.137. The second kappa shape index (κ2) is 4.66. The summed E-state index contributed by atoms with van der Waals surface area (Å²) in [5, 5.41) is 1.24. The number of hydrogen-bond acceptors (Lipinski definition) is 4. The van der Waals surface area contributed by atoms with Crippen molar-refractivity contribution in [3.8, 4) is 0 Å². The minimum absolute atomic E-state index is 0.168. The predicted molar refractivity (Wildman–Crippen MR) is 42.7 cm³/mol. The van der Waals surface area contributed by atoms with Gasteiger partial charge in [0.2, 0.25) is 5.91 Å². The Kier molecular flexibility index (Phi) is 3.51. The molecule has 0 bridgehead atoms. The molecule has 1 fully saturated rings. The molecule has 6 nitrogen and oxygen atoms in total. The number of ether oxygens (including phenoxy) is 2. The minimum atomic E-state index is -0.586. The highest BCUT2D eigenvalue weighted by atomic mass is 16.6. The third-order valence-corrected chi connectivity index (χ3v) is 1.60. The lowest BCUT2D eigenvalue weighted by Gasteiger charge is -2.26. The van der Waals surface area contributed by atoms with Gasteiger partial charge in [0, 0.05) is 7.11 Å². The van der Waals surface area contributed by atoms with Gasteiger partial charge < -0.3 is 9.47 Å². The van der Waals surface area contributed by atoms with Crippen LogP contribution in [-0.2, 0) is 14.3 Å². The summed E-state index contributed by atoms with van der Waals surface area (Å²) in [6, 6.07) is 0. The van der Waals surface area contributed by atoms with E-state index in [2.05, 4.69) is 10.2 Å². The quantitative estimate of drug-likeness (QED) is 0.648. The van der Waals surface area contributed by atoms with Gasteiger partial charge in [-0.05, 0) is 0 Å². The monoisotopic (exact) mass is 188 g/mol. The van der Waals surface area contributed by atoms with E-state index in [1.54, 1.807) is 0 Å². The number of cyclic esters (lactones) is 1. The van der Waals surface area contributed by atoms with E-state index >= 15 is 0 Å². The Morgan fingerprint density at radius 1 is 1.77 bits per heavy atom. The fraction of sp³-hybridized carbons (Fsp3) is 0.714. The van der Waals surface area contributed by atoms with Crippen LogP contribution in [0.3, 0.4) is 0 Å². The lowest BCUT2D eigenvalue weighted by Crippen LogP contribution is -2.52. The van der Waals surface area contributed by atoms with Gasteiger partial charge in [0.1, 0.15) is 6.61 Å². The summed E-state index contributed by atoms with van der Waals surface area (Å²) in [5.41, 5.74) is 2.29. The molecule has 1 heterocycles. The van der Waals surface area contributed by atoms with Crippen LogP contribution in [-0.4, -0.2) is 43.9 Å². The Morgan fingerprint density at radius 3 is 3.15 bits per heavy atom. The number of hydrazine groups is 1. The van der Waals surface area contributed by atoms with Crippen LogP contribution < -0.4 is 5.43 Å². The molecule has 0 atom stereocenters. The Labute approximate surface area is 75.8 Å². The molecule has 0 radical (unpaired) electrons. The third kappa shape index (κ3) is 2.90. The predicted octanol–water partition coefficient (Wildman–Crippen LogP) is -0.494. The molecule has 0 spiro atoms. The smallest absolute Gasteiger partial charge is 0.426 e. The van der Waals surface area contributed by atoms with Crippen molar-refractivity contribution in [2.75, 3.05) is 26.9 Å². The zero-order chi connectivity index (χ0) is 9.68. The Hall–Kier alpha value is -1.30. The molecule has 0 unspecified atom stereocenters. The fourth-order valence-corrected chi connectivity index (χ4v) is 0.939. The van der Waals surface area contributed by atoms with Gasteiger partial charge in [0.25, 0.3) is 0 Å². The van der Waals surface area contributed by atoms with E-state index in [-0.39, 0.29) is 18.9 Å². The molecule has 1 N–H and O–H groups in total. The van der Waals surface area contributed by atoms with Crippen LogP contribution in [0.4, 0.5) is 4.79 Å². The summed E-state index contributed by atoms with van der Waals surface area (Å²) in [7, 11) is 1.52. The topological polar surface area (TPSA) is 67.9 Å². The largest absolute Gasteiger partial charge is 0.446 e. The normalized spacial score (nSPS) is 16.4. The van der Waals surface area contributed by atoms with Crippen molar-refractivity contribution in [2.45, 2.75) is 6.42 Å². The van der Waals surface area contributed by atoms with Crippen LogP contribution in [0.15, 0.2) is 0 Å². The van der Waals surface area contributed by atoms with Crippen LogP contribution in [0.1, 0.15) is 6.42 Å². The SMILES string of the molecule is COCCC(=O)N1CCOC(=O)N1. The molecule has 1 aliphatic heterocycles. The molecule has 74 valence electrons.